The summed E-state index contributed by atoms with van der Waals surface area (Å²) in [7, 11) is 3.44. The molecular formula is C15H22Cl2F3N3O. The average molecular weight is 388 g/mol. The highest BCUT2D eigenvalue weighted by atomic mass is 35.5. The first kappa shape index (κ1) is 22.8. The van der Waals surface area contributed by atoms with Crippen LogP contribution in [0, 0.1) is 11.8 Å². The van der Waals surface area contributed by atoms with Crippen LogP contribution >= 0.6 is 24.8 Å². The Kier molecular flexibility index (Phi) is 8.35. The topological polar surface area (TPSA) is 44.4 Å². The minimum atomic E-state index is -4.44. The molecule has 1 aliphatic rings. The molecule has 1 saturated heterocycles. The molecule has 2 N–H and O–H groups in total. The molecule has 2 rings (SSSR count). The molecule has 0 aromatic heterocycles. The Labute approximate surface area is 152 Å². The number of nitrogens with zero attached hydrogens (tertiary/aromatic N) is 1. The van der Waals surface area contributed by atoms with Gasteiger partial charge in [0.25, 0.3) is 0 Å². The minimum Gasteiger partial charge on any atom is -0.376 e. The quantitative estimate of drug-likeness (QED) is 0.831. The Hall–Kier alpha value is -1.18. The molecule has 1 amide bonds. The number of amides is 1. The van der Waals surface area contributed by atoms with Gasteiger partial charge in [0.15, 0.2) is 0 Å². The van der Waals surface area contributed by atoms with Gasteiger partial charge in [-0.05, 0) is 37.2 Å². The lowest BCUT2D eigenvalue weighted by Gasteiger charge is -2.32. The highest BCUT2D eigenvalue weighted by molar-refractivity contribution is 5.96. The minimum absolute atomic E-state index is 0. The van der Waals surface area contributed by atoms with Crippen molar-refractivity contribution in [3.63, 3.8) is 0 Å². The normalized spacial score (nSPS) is 15.4. The summed E-state index contributed by atoms with van der Waals surface area (Å²) in [5.41, 5.74) is -0.0457. The Morgan fingerprint density at radius 3 is 2.29 bits per heavy atom. The monoisotopic (exact) mass is 387 g/mol. The summed E-state index contributed by atoms with van der Waals surface area (Å²) >= 11 is 0. The summed E-state index contributed by atoms with van der Waals surface area (Å²) in [5, 5.41) is 5.73. The van der Waals surface area contributed by atoms with E-state index in [0.717, 1.165) is 25.2 Å². The smallest absolute Gasteiger partial charge is 0.376 e. The lowest BCUT2D eigenvalue weighted by Crippen LogP contribution is -2.48. The molecule has 1 aromatic rings. The van der Waals surface area contributed by atoms with E-state index in [1.54, 1.807) is 25.9 Å². The van der Waals surface area contributed by atoms with Gasteiger partial charge in [-0.25, -0.2) is 0 Å². The van der Waals surface area contributed by atoms with Crippen molar-refractivity contribution >= 4 is 42.1 Å². The third-order valence-electron chi connectivity index (χ3n) is 4.00. The maximum Gasteiger partial charge on any atom is 0.416 e. The largest absolute Gasteiger partial charge is 0.416 e. The van der Waals surface area contributed by atoms with E-state index >= 15 is 0 Å². The summed E-state index contributed by atoms with van der Waals surface area (Å²) in [6, 6.07) is 3.37. The summed E-state index contributed by atoms with van der Waals surface area (Å²) < 4.78 is 38.6. The predicted molar refractivity (Wildman–Crippen MR) is 94.4 cm³/mol. The zero-order chi connectivity index (χ0) is 16.5. The molecular weight excluding hydrogens is 366 g/mol. The van der Waals surface area contributed by atoms with Crippen molar-refractivity contribution < 1.29 is 18.0 Å². The van der Waals surface area contributed by atoms with Crippen molar-refractivity contribution in [1.82, 2.24) is 5.32 Å². The van der Waals surface area contributed by atoms with Crippen LogP contribution in [0.3, 0.4) is 0 Å². The molecule has 24 heavy (non-hydrogen) atoms. The molecule has 1 fully saturated rings. The molecule has 0 saturated carbocycles. The average Bonchev–Trinajstić information content (AvgIpc) is 2.35. The van der Waals surface area contributed by atoms with Crippen LogP contribution < -0.4 is 15.5 Å². The lowest BCUT2D eigenvalue weighted by molar-refractivity contribution is -0.137. The molecule has 1 unspecified atom stereocenters. The van der Waals surface area contributed by atoms with E-state index in [-0.39, 0.29) is 48.2 Å². The van der Waals surface area contributed by atoms with Gasteiger partial charge in [0.2, 0.25) is 5.91 Å². The molecule has 1 heterocycles. The van der Waals surface area contributed by atoms with E-state index in [4.69, 9.17) is 0 Å². The summed E-state index contributed by atoms with van der Waals surface area (Å²) in [6.45, 7) is 3.32. The number of alkyl halides is 3. The summed E-state index contributed by atoms with van der Waals surface area (Å²) in [5.74, 6) is -0.270. The molecule has 0 spiro atoms. The Morgan fingerprint density at radius 1 is 1.29 bits per heavy atom. The number of nitrogens with one attached hydrogen (secondary N) is 2. The maximum atomic E-state index is 12.9. The van der Waals surface area contributed by atoms with Crippen LogP contribution in [0.4, 0.5) is 24.5 Å². The van der Waals surface area contributed by atoms with Gasteiger partial charge >= 0.3 is 6.18 Å². The second kappa shape index (κ2) is 8.78. The van der Waals surface area contributed by atoms with Crippen LogP contribution in [0.2, 0.25) is 0 Å². The third kappa shape index (κ3) is 5.16. The first-order valence-corrected chi connectivity index (χ1v) is 7.10. The summed E-state index contributed by atoms with van der Waals surface area (Å²) in [6.07, 6.45) is -4.44. The Balaban J connectivity index is 0.00000264. The number of hydrogen-bond donors (Lipinski definition) is 2. The van der Waals surface area contributed by atoms with Crippen molar-refractivity contribution in [3.8, 4) is 0 Å². The third-order valence-corrected chi connectivity index (χ3v) is 4.00. The molecule has 138 valence electrons. The van der Waals surface area contributed by atoms with Gasteiger partial charge in [-0.3, -0.25) is 4.79 Å². The van der Waals surface area contributed by atoms with E-state index in [9.17, 15) is 18.0 Å². The van der Waals surface area contributed by atoms with Crippen LogP contribution in [0.15, 0.2) is 18.2 Å². The second-order valence-electron chi connectivity index (χ2n) is 5.82. The van der Waals surface area contributed by atoms with E-state index in [0.29, 0.717) is 5.69 Å². The fraction of sp³-hybridized carbons (Fsp3) is 0.533. The molecule has 0 aliphatic carbocycles. The number of carbonyl (C=O) groups excluding carboxylic acids is 1. The van der Waals surface area contributed by atoms with Crippen molar-refractivity contribution in [1.29, 1.82) is 0 Å². The number of hydrogen-bond acceptors (Lipinski definition) is 3. The van der Waals surface area contributed by atoms with Crippen LogP contribution in [-0.2, 0) is 11.0 Å². The molecule has 0 bridgehead atoms. The first-order valence-electron chi connectivity index (χ1n) is 7.10. The fourth-order valence-electron chi connectivity index (χ4n) is 2.33. The van der Waals surface area contributed by atoms with Crippen molar-refractivity contribution in [2.75, 3.05) is 37.4 Å². The number of benzene rings is 1. The SMILES string of the molecule is CC(C(=O)Nc1cc(C(F)(F)F)ccc1N(C)C)C1CNC1.Cl.Cl. The molecule has 0 radical (unpaired) electrons. The lowest BCUT2D eigenvalue weighted by atomic mass is 9.88. The van der Waals surface area contributed by atoms with Gasteiger partial charge in [-0.2, -0.15) is 13.2 Å². The van der Waals surface area contributed by atoms with Gasteiger partial charge in [-0.15, -0.1) is 24.8 Å². The van der Waals surface area contributed by atoms with Crippen molar-refractivity contribution in [2.45, 2.75) is 13.1 Å². The van der Waals surface area contributed by atoms with Crippen molar-refractivity contribution in [3.05, 3.63) is 23.8 Å². The highest BCUT2D eigenvalue weighted by Gasteiger charge is 2.32. The Morgan fingerprint density at radius 2 is 1.88 bits per heavy atom. The van der Waals surface area contributed by atoms with Crippen LogP contribution in [-0.4, -0.2) is 33.1 Å². The maximum absolute atomic E-state index is 12.9. The number of rotatable bonds is 4. The van der Waals surface area contributed by atoms with E-state index in [1.807, 2.05) is 0 Å². The van der Waals surface area contributed by atoms with Crippen LogP contribution in [0.25, 0.3) is 0 Å². The molecule has 1 aliphatic heterocycles. The zero-order valence-corrected chi connectivity index (χ0v) is 15.2. The predicted octanol–water partition coefficient (Wildman–Crippen LogP) is 3.41. The Bertz CT molecular complexity index is 563. The highest BCUT2D eigenvalue weighted by Crippen LogP contribution is 2.35. The molecule has 1 atom stereocenters. The van der Waals surface area contributed by atoms with E-state index in [2.05, 4.69) is 10.6 Å². The van der Waals surface area contributed by atoms with Crippen LogP contribution in [0.5, 0.6) is 0 Å². The number of halogens is 5. The first-order chi connectivity index (χ1) is 10.2. The van der Waals surface area contributed by atoms with E-state index < -0.39 is 11.7 Å². The summed E-state index contributed by atoms with van der Waals surface area (Å²) in [4.78, 5) is 13.9. The molecule has 1 aromatic carbocycles. The van der Waals surface area contributed by atoms with Crippen molar-refractivity contribution in [2.24, 2.45) is 11.8 Å². The molecule has 9 heteroatoms. The van der Waals surface area contributed by atoms with Gasteiger partial charge in [0.05, 0.1) is 16.9 Å². The molecule has 4 nitrogen and oxygen atoms in total. The zero-order valence-electron chi connectivity index (χ0n) is 13.6. The number of carbonyl (C=O) groups is 1. The number of anilines is 2. The van der Waals surface area contributed by atoms with Gasteiger partial charge in [0, 0.05) is 20.0 Å². The fourth-order valence-corrected chi connectivity index (χ4v) is 2.33. The second-order valence-corrected chi connectivity index (χ2v) is 5.82. The van der Waals surface area contributed by atoms with Gasteiger partial charge < -0.3 is 15.5 Å². The van der Waals surface area contributed by atoms with Crippen LogP contribution in [0.1, 0.15) is 12.5 Å². The standard InChI is InChI=1S/C15H20F3N3O.2ClH/c1-9(10-7-19-8-10)14(22)20-12-6-11(15(16,17)18)4-5-13(12)21(2)3;;/h4-6,9-10,19H,7-8H2,1-3H3,(H,20,22);2*1H. The van der Waals surface area contributed by atoms with Gasteiger partial charge in [-0.1, -0.05) is 6.92 Å². The van der Waals surface area contributed by atoms with Gasteiger partial charge in [0.1, 0.15) is 0 Å². The van der Waals surface area contributed by atoms with E-state index in [1.165, 1.54) is 6.07 Å².